The van der Waals surface area contributed by atoms with Crippen LogP contribution in [0.2, 0.25) is 0 Å². The fourth-order valence-corrected chi connectivity index (χ4v) is 1.67. The van der Waals surface area contributed by atoms with Crippen LogP contribution in [0.4, 0.5) is 0 Å². The van der Waals surface area contributed by atoms with Gasteiger partial charge in [-0.2, -0.15) is 0 Å². The van der Waals surface area contributed by atoms with Gasteiger partial charge in [0.15, 0.2) is 14.9 Å². The summed E-state index contributed by atoms with van der Waals surface area (Å²) >= 11 is 0. The first kappa shape index (κ1) is 10.2. The van der Waals surface area contributed by atoms with Crippen LogP contribution in [-0.2, 0) is 16.3 Å². The highest BCUT2D eigenvalue weighted by molar-refractivity contribution is 7.90. The van der Waals surface area contributed by atoms with Crippen molar-refractivity contribution in [2.45, 2.75) is 24.8 Å². The Balaban J connectivity index is 3.06. The van der Waals surface area contributed by atoms with E-state index in [2.05, 4.69) is 4.98 Å². The first-order valence-electron chi connectivity index (χ1n) is 4.20. The van der Waals surface area contributed by atoms with Crippen molar-refractivity contribution in [2.24, 2.45) is 0 Å². The van der Waals surface area contributed by atoms with Crippen LogP contribution in [0.15, 0.2) is 23.2 Å². The number of rotatable bonds is 3. The van der Waals surface area contributed by atoms with Gasteiger partial charge in [-0.1, -0.05) is 19.4 Å². The zero-order valence-electron chi connectivity index (χ0n) is 7.82. The summed E-state index contributed by atoms with van der Waals surface area (Å²) in [5.74, 6) is 0. The lowest BCUT2D eigenvalue weighted by Crippen LogP contribution is -2.02. The zero-order valence-corrected chi connectivity index (χ0v) is 8.63. The molecule has 0 saturated heterocycles. The summed E-state index contributed by atoms with van der Waals surface area (Å²) in [5.41, 5.74) is 0.838. The van der Waals surface area contributed by atoms with Crippen LogP contribution in [0.1, 0.15) is 19.0 Å². The Morgan fingerprint density at radius 1 is 1.38 bits per heavy atom. The molecule has 0 aliphatic heterocycles. The van der Waals surface area contributed by atoms with Gasteiger partial charge in [0.2, 0.25) is 0 Å². The molecule has 13 heavy (non-hydrogen) atoms. The Bertz CT molecular complexity index is 384. The second-order valence-electron chi connectivity index (χ2n) is 2.99. The molecule has 0 aliphatic carbocycles. The van der Waals surface area contributed by atoms with E-state index in [0.29, 0.717) is 0 Å². The SMILES string of the molecule is CCCc1cccc(S(C)(=O)=O)n1. The second kappa shape index (κ2) is 3.87. The molecule has 4 heteroatoms. The summed E-state index contributed by atoms with van der Waals surface area (Å²) in [6.07, 6.45) is 2.97. The van der Waals surface area contributed by atoms with E-state index in [0.717, 1.165) is 18.5 Å². The number of sulfone groups is 1. The summed E-state index contributed by atoms with van der Waals surface area (Å²) in [6, 6.07) is 5.10. The molecule has 0 radical (unpaired) electrons. The standard InChI is InChI=1S/C9H13NO2S/c1-3-5-8-6-4-7-9(10-8)13(2,11)12/h4,6-7H,3,5H2,1-2H3. The molecule has 72 valence electrons. The third kappa shape index (κ3) is 2.81. The lowest BCUT2D eigenvalue weighted by molar-refractivity contribution is 0.597. The van der Waals surface area contributed by atoms with Gasteiger partial charge in [-0.15, -0.1) is 0 Å². The Labute approximate surface area is 78.7 Å². The predicted octanol–water partition coefficient (Wildman–Crippen LogP) is 1.44. The Morgan fingerprint density at radius 2 is 2.08 bits per heavy atom. The maximum absolute atomic E-state index is 11.1. The van der Waals surface area contributed by atoms with E-state index >= 15 is 0 Å². The van der Waals surface area contributed by atoms with Gasteiger partial charge in [-0.25, -0.2) is 13.4 Å². The molecule has 1 aromatic heterocycles. The predicted molar refractivity (Wildman–Crippen MR) is 51.3 cm³/mol. The van der Waals surface area contributed by atoms with Gasteiger partial charge in [-0.05, 0) is 18.6 Å². The average Bonchev–Trinajstić information content (AvgIpc) is 2.04. The van der Waals surface area contributed by atoms with Crippen LogP contribution in [-0.4, -0.2) is 19.7 Å². The molecule has 0 spiro atoms. The van der Waals surface area contributed by atoms with Crippen LogP contribution in [0.25, 0.3) is 0 Å². The van der Waals surface area contributed by atoms with Crippen LogP contribution in [0.5, 0.6) is 0 Å². The molecule has 0 aliphatic rings. The molecule has 1 aromatic rings. The molecule has 0 aromatic carbocycles. The fourth-order valence-electron chi connectivity index (χ4n) is 1.06. The van der Waals surface area contributed by atoms with Gasteiger partial charge < -0.3 is 0 Å². The summed E-state index contributed by atoms with van der Waals surface area (Å²) in [6.45, 7) is 2.04. The fraction of sp³-hybridized carbons (Fsp3) is 0.444. The molecule has 1 rings (SSSR count). The van der Waals surface area contributed by atoms with Gasteiger partial charge in [-0.3, -0.25) is 0 Å². The quantitative estimate of drug-likeness (QED) is 0.740. The van der Waals surface area contributed by atoms with Crippen LogP contribution < -0.4 is 0 Å². The van der Waals surface area contributed by atoms with Crippen molar-refractivity contribution in [1.82, 2.24) is 4.98 Å². The molecule has 0 unspecified atom stereocenters. The van der Waals surface area contributed by atoms with Crippen molar-refractivity contribution in [2.75, 3.05) is 6.26 Å². The summed E-state index contributed by atoms with van der Waals surface area (Å²) in [4.78, 5) is 4.05. The highest BCUT2D eigenvalue weighted by atomic mass is 32.2. The van der Waals surface area contributed by atoms with Crippen LogP contribution in [0, 0.1) is 0 Å². The maximum Gasteiger partial charge on any atom is 0.192 e. The number of nitrogens with zero attached hydrogens (tertiary/aromatic N) is 1. The second-order valence-corrected chi connectivity index (χ2v) is 4.95. The molecule has 0 N–H and O–H groups in total. The van der Waals surface area contributed by atoms with Crippen molar-refractivity contribution in [1.29, 1.82) is 0 Å². The normalized spacial score (nSPS) is 11.5. The third-order valence-corrected chi connectivity index (χ3v) is 2.65. The largest absolute Gasteiger partial charge is 0.241 e. The van der Waals surface area contributed by atoms with E-state index in [4.69, 9.17) is 0 Å². The van der Waals surface area contributed by atoms with E-state index in [9.17, 15) is 8.42 Å². The minimum absolute atomic E-state index is 0.165. The third-order valence-electron chi connectivity index (χ3n) is 1.67. The monoisotopic (exact) mass is 199 g/mol. The topological polar surface area (TPSA) is 47.0 Å². The molecule has 0 bridgehead atoms. The number of hydrogen-bond acceptors (Lipinski definition) is 3. The number of aryl methyl sites for hydroxylation is 1. The first-order chi connectivity index (χ1) is 6.04. The van der Waals surface area contributed by atoms with Gasteiger partial charge in [0.1, 0.15) is 0 Å². The molecule has 1 heterocycles. The van der Waals surface area contributed by atoms with E-state index in [1.807, 2.05) is 13.0 Å². The van der Waals surface area contributed by atoms with E-state index in [-0.39, 0.29) is 5.03 Å². The van der Waals surface area contributed by atoms with Crippen LogP contribution in [0.3, 0.4) is 0 Å². The molecule has 0 fully saturated rings. The van der Waals surface area contributed by atoms with Crippen molar-refractivity contribution in [3.8, 4) is 0 Å². The Morgan fingerprint density at radius 3 is 2.62 bits per heavy atom. The minimum Gasteiger partial charge on any atom is -0.241 e. The number of hydrogen-bond donors (Lipinski definition) is 0. The van der Waals surface area contributed by atoms with Gasteiger partial charge in [0.05, 0.1) is 0 Å². The highest BCUT2D eigenvalue weighted by Crippen LogP contribution is 2.07. The lowest BCUT2D eigenvalue weighted by atomic mass is 10.2. The van der Waals surface area contributed by atoms with Gasteiger partial charge in [0, 0.05) is 11.9 Å². The lowest BCUT2D eigenvalue weighted by Gasteiger charge is -2.00. The molecule has 0 atom stereocenters. The molecule has 3 nitrogen and oxygen atoms in total. The van der Waals surface area contributed by atoms with Crippen molar-refractivity contribution in [3.05, 3.63) is 23.9 Å². The molecule has 0 saturated carbocycles. The number of aromatic nitrogens is 1. The van der Waals surface area contributed by atoms with E-state index < -0.39 is 9.84 Å². The van der Waals surface area contributed by atoms with Gasteiger partial charge in [0.25, 0.3) is 0 Å². The highest BCUT2D eigenvalue weighted by Gasteiger charge is 2.08. The Hall–Kier alpha value is -0.900. The van der Waals surface area contributed by atoms with E-state index in [1.54, 1.807) is 6.07 Å². The minimum atomic E-state index is -3.15. The Kier molecular flexibility index (Phi) is 3.03. The average molecular weight is 199 g/mol. The summed E-state index contributed by atoms with van der Waals surface area (Å²) in [7, 11) is -3.15. The summed E-state index contributed by atoms with van der Waals surface area (Å²) < 4.78 is 22.3. The molecular formula is C9H13NO2S. The zero-order chi connectivity index (χ0) is 9.90. The first-order valence-corrected chi connectivity index (χ1v) is 6.09. The molecule has 0 amide bonds. The van der Waals surface area contributed by atoms with Crippen molar-refractivity contribution >= 4 is 9.84 Å². The van der Waals surface area contributed by atoms with Crippen molar-refractivity contribution < 1.29 is 8.42 Å². The smallest absolute Gasteiger partial charge is 0.192 e. The van der Waals surface area contributed by atoms with Crippen molar-refractivity contribution in [3.63, 3.8) is 0 Å². The van der Waals surface area contributed by atoms with E-state index in [1.165, 1.54) is 12.3 Å². The van der Waals surface area contributed by atoms with Gasteiger partial charge >= 0.3 is 0 Å². The number of pyridine rings is 1. The van der Waals surface area contributed by atoms with Crippen LogP contribution >= 0.6 is 0 Å². The molecular weight excluding hydrogens is 186 g/mol. The maximum atomic E-state index is 11.1. The summed E-state index contributed by atoms with van der Waals surface area (Å²) in [5, 5.41) is 0.165.